The van der Waals surface area contributed by atoms with Crippen molar-refractivity contribution in [1.29, 1.82) is 0 Å². The second-order valence-electron chi connectivity index (χ2n) is 17.1. The highest BCUT2D eigenvalue weighted by Crippen LogP contribution is 2.48. The van der Waals surface area contributed by atoms with Crippen molar-refractivity contribution in [2.24, 2.45) is 0 Å². The number of aryl methyl sites for hydroxylation is 4. The van der Waals surface area contributed by atoms with E-state index in [-0.39, 0.29) is 23.2 Å². The molecule has 0 amide bonds. The summed E-state index contributed by atoms with van der Waals surface area (Å²) in [4.78, 5) is 53.0. The molecule has 2 aliphatic heterocycles. The lowest BCUT2D eigenvalue weighted by molar-refractivity contribution is 0.450. The maximum absolute atomic E-state index is 13.1. The number of anilines is 4. The van der Waals surface area contributed by atoms with Gasteiger partial charge in [0.05, 0.1) is 23.8 Å². The highest BCUT2D eigenvalue weighted by atomic mass is 32.3. The summed E-state index contributed by atoms with van der Waals surface area (Å²) in [6, 6.07) is 7.24. The van der Waals surface area contributed by atoms with Crippen molar-refractivity contribution < 1.29 is 9.11 Å². The molecule has 330 valence electrons. The fraction of sp³-hybridized carbons (Fsp3) is 0.395. The third kappa shape index (κ3) is 8.71. The molecule has 2 saturated heterocycles. The molecular weight excluding hydrogens is 841 g/mol. The second-order valence-corrected chi connectivity index (χ2v) is 23.6. The third-order valence-corrected chi connectivity index (χ3v) is 16.8. The minimum absolute atomic E-state index is 0.0167. The molecule has 2 unspecified atom stereocenters. The molecule has 2 fully saturated rings. The van der Waals surface area contributed by atoms with Crippen LogP contribution in [-0.4, -0.2) is 103 Å². The molecule has 8 aromatic heterocycles. The predicted molar refractivity (Wildman–Crippen MR) is 252 cm³/mol. The quantitative estimate of drug-likeness (QED) is 0.129. The highest BCUT2D eigenvalue weighted by molar-refractivity contribution is 8.28. The van der Waals surface area contributed by atoms with E-state index in [1.165, 1.54) is 12.7 Å². The zero-order chi connectivity index (χ0) is 44.2. The number of nitrogens with one attached hydrogen (secondary N) is 2. The minimum Gasteiger partial charge on any atom is -0.352 e. The molecule has 2 aliphatic rings. The van der Waals surface area contributed by atoms with Gasteiger partial charge in [-0.25, -0.2) is 29.0 Å². The highest BCUT2D eigenvalue weighted by Gasteiger charge is 2.29. The Balaban J connectivity index is 0.000000160. The van der Waals surface area contributed by atoms with Crippen LogP contribution in [0.2, 0.25) is 0 Å². The van der Waals surface area contributed by atoms with E-state index in [4.69, 9.17) is 9.97 Å². The first-order chi connectivity index (χ1) is 30.1. The van der Waals surface area contributed by atoms with Gasteiger partial charge in [0.2, 0.25) is 11.9 Å². The predicted octanol–water partition coefficient (Wildman–Crippen LogP) is 7.26. The zero-order valence-electron chi connectivity index (χ0n) is 36.2. The van der Waals surface area contributed by atoms with Crippen LogP contribution < -0.4 is 21.8 Å². The van der Waals surface area contributed by atoms with Crippen molar-refractivity contribution in [3.63, 3.8) is 0 Å². The minimum atomic E-state index is -1.58. The first-order valence-electron chi connectivity index (χ1n) is 21.0. The number of hydrogen-bond acceptors (Lipinski definition) is 14. The Morgan fingerprint density at radius 3 is 1.48 bits per heavy atom. The molecule has 0 spiro atoms. The van der Waals surface area contributed by atoms with E-state index in [2.05, 4.69) is 40.8 Å². The Bertz CT molecular complexity index is 3150. The molecular formula is C43H52N14O4S2. The molecule has 0 aliphatic carbocycles. The summed E-state index contributed by atoms with van der Waals surface area (Å²) in [7, 11) is -3.11. The van der Waals surface area contributed by atoms with Crippen molar-refractivity contribution >= 4 is 77.3 Å². The molecule has 20 heteroatoms. The van der Waals surface area contributed by atoms with Gasteiger partial charge in [-0.15, -0.1) is 20.6 Å². The van der Waals surface area contributed by atoms with Crippen LogP contribution in [-0.2, 0) is 0 Å². The van der Waals surface area contributed by atoms with Crippen LogP contribution in [0.3, 0.4) is 0 Å². The van der Waals surface area contributed by atoms with E-state index in [9.17, 15) is 18.7 Å². The van der Waals surface area contributed by atoms with Gasteiger partial charge >= 0.3 is 0 Å². The number of hydrogen-bond donors (Lipinski definition) is 4. The van der Waals surface area contributed by atoms with E-state index in [0.29, 0.717) is 23.2 Å². The molecule has 8 aromatic rings. The standard InChI is InChI=1S/C22H27N7O2S.C21H25N7O2S/c1-14-10-20(30)29(16-5-4-7-32(3,31)8-6-16)21-17(14)11-23-22(27-21)26-18-12-28-19(9-15(18)2)24-13-25-28;1-13-9-19(29)28(15-4-6-31(3,30)7-5-15)20-16(13)10-22-21(26-20)25-17-11-27-18(8-14(17)2)23-12-24-27/h9-13,16,31H,4-8H2,1-3H3,(H,23,26,27);8-12,15,30H,4-7H2,1-3H3,(H,22,25,26). The normalized spacial score (nSPS) is 23.7. The molecule has 0 aromatic carbocycles. The topological polar surface area (TPSA) is 220 Å². The van der Waals surface area contributed by atoms with Gasteiger partial charge in [0.1, 0.15) is 23.9 Å². The lowest BCUT2D eigenvalue weighted by atomic mass is 10.1. The van der Waals surface area contributed by atoms with E-state index >= 15 is 0 Å². The Morgan fingerprint density at radius 2 is 1.02 bits per heavy atom. The first-order valence-corrected chi connectivity index (χ1v) is 25.6. The Labute approximate surface area is 366 Å². The number of nitrogens with zero attached hydrogens (tertiary/aromatic N) is 12. The molecule has 4 N–H and O–H groups in total. The van der Waals surface area contributed by atoms with Gasteiger partial charge in [-0.3, -0.25) is 18.7 Å². The maximum atomic E-state index is 13.1. The van der Waals surface area contributed by atoms with E-state index in [0.717, 1.165) is 111 Å². The van der Waals surface area contributed by atoms with Crippen LogP contribution in [0.5, 0.6) is 0 Å². The van der Waals surface area contributed by atoms with Crippen molar-refractivity contribution in [3.8, 4) is 0 Å². The van der Waals surface area contributed by atoms with Gasteiger partial charge in [0.15, 0.2) is 11.3 Å². The van der Waals surface area contributed by atoms with E-state index < -0.39 is 20.6 Å². The molecule has 63 heavy (non-hydrogen) atoms. The Morgan fingerprint density at radius 1 is 0.587 bits per heavy atom. The van der Waals surface area contributed by atoms with Gasteiger partial charge in [0, 0.05) is 64.6 Å². The number of rotatable bonds is 6. The first kappa shape index (κ1) is 42.3. The van der Waals surface area contributed by atoms with Crippen LogP contribution >= 0.6 is 20.6 Å². The fourth-order valence-corrected chi connectivity index (χ4v) is 12.1. The fourth-order valence-electron chi connectivity index (χ4n) is 8.60. The summed E-state index contributed by atoms with van der Waals surface area (Å²) in [5.41, 5.74) is 8.01. The van der Waals surface area contributed by atoms with Crippen LogP contribution in [0, 0.1) is 27.7 Å². The van der Waals surface area contributed by atoms with Crippen molar-refractivity contribution in [1.82, 2.24) is 58.3 Å². The van der Waals surface area contributed by atoms with Crippen LogP contribution in [0.15, 0.2) is 71.3 Å². The average molecular weight is 893 g/mol. The van der Waals surface area contributed by atoms with Crippen LogP contribution in [0.1, 0.15) is 66.4 Å². The van der Waals surface area contributed by atoms with E-state index in [1.54, 1.807) is 38.1 Å². The van der Waals surface area contributed by atoms with Crippen LogP contribution in [0.25, 0.3) is 33.4 Å². The molecule has 10 heterocycles. The summed E-state index contributed by atoms with van der Waals surface area (Å²) in [5.74, 6) is 3.90. The summed E-state index contributed by atoms with van der Waals surface area (Å²) >= 11 is 0. The Hall–Kier alpha value is -5.96. The van der Waals surface area contributed by atoms with Gasteiger partial charge in [0.25, 0.3) is 11.1 Å². The van der Waals surface area contributed by atoms with Gasteiger partial charge in [-0.05, 0) is 112 Å². The second kappa shape index (κ2) is 16.6. The van der Waals surface area contributed by atoms with Gasteiger partial charge < -0.3 is 19.7 Å². The maximum Gasteiger partial charge on any atom is 0.252 e. The smallest absolute Gasteiger partial charge is 0.252 e. The number of aromatic nitrogens is 12. The van der Waals surface area contributed by atoms with Gasteiger partial charge in [-0.2, -0.15) is 20.2 Å². The Kier molecular flexibility index (Phi) is 11.2. The molecule has 18 nitrogen and oxygen atoms in total. The lowest BCUT2D eigenvalue weighted by Gasteiger charge is -2.38. The zero-order valence-corrected chi connectivity index (χ0v) is 37.8. The van der Waals surface area contributed by atoms with Crippen molar-refractivity contribution in [2.45, 2.75) is 71.9 Å². The molecule has 0 radical (unpaired) electrons. The summed E-state index contributed by atoms with van der Waals surface area (Å²) in [6.07, 6.45) is 18.2. The van der Waals surface area contributed by atoms with Crippen molar-refractivity contribution in [2.75, 3.05) is 46.2 Å². The van der Waals surface area contributed by atoms with E-state index in [1.807, 2.05) is 69.3 Å². The summed E-state index contributed by atoms with van der Waals surface area (Å²) in [6.45, 7) is 7.78. The van der Waals surface area contributed by atoms with Crippen LogP contribution in [0.4, 0.5) is 23.3 Å². The SMILES string of the molecule is Cc1cc2ncnn2cc1Nc1ncc2c(C)cc(=O)n(C3CCCS(C)(O)CC3)c2n1.Cc1cc2ncnn2cc1Nc1ncc2c(C)cc(=O)n(C3CCS(C)(O)CC3)c2n1. The molecule has 2 atom stereocenters. The summed E-state index contributed by atoms with van der Waals surface area (Å²) in [5, 5.41) is 16.6. The number of fused-ring (bicyclic) bond motifs is 4. The molecule has 0 bridgehead atoms. The average Bonchev–Trinajstić information content (AvgIpc) is 3.85. The van der Waals surface area contributed by atoms with Gasteiger partial charge in [-0.1, -0.05) is 0 Å². The molecule has 10 rings (SSSR count). The number of pyridine rings is 4. The monoisotopic (exact) mass is 892 g/mol. The largest absolute Gasteiger partial charge is 0.352 e. The van der Waals surface area contributed by atoms with Crippen molar-refractivity contribution in [3.05, 3.63) is 105 Å². The third-order valence-electron chi connectivity index (χ3n) is 12.3. The lowest BCUT2D eigenvalue weighted by Crippen LogP contribution is -2.31. The molecule has 0 saturated carbocycles. The summed E-state index contributed by atoms with van der Waals surface area (Å²) < 4.78 is 28.0.